The summed E-state index contributed by atoms with van der Waals surface area (Å²) < 4.78 is 0. The second kappa shape index (κ2) is 5.67. The van der Waals surface area contributed by atoms with Crippen molar-refractivity contribution in [2.24, 2.45) is 11.8 Å². The molecule has 0 spiro atoms. The van der Waals surface area contributed by atoms with E-state index in [-0.39, 0.29) is 31.1 Å². The zero-order chi connectivity index (χ0) is 6.69. The zero-order valence-corrected chi connectivity index (χ0v) is 11.1. The summed E-state index contributed by atoms with van der Waals surface area (Å²) in [5, 5.41) is 0. The zero-order valence-electron chi connectivity index (χ0n) is 6.90. The first-order valence-electron chi connectivity index (χ1n) is 4.12. The molecule has 0 aromatic rings. The summed E-state index contributed by atoms with van der Waals surface area (Å²) in [7, 11) is 0. The van der Waals surface area contributed by atoms with Gasteiger partial charge in [0.1, 0.15) is 0 Å². The minimum absolute atomic E-state index is 0. The Hall–Kier alpha value is 1.05. The molecule has 0 nitrogen and oxygen atoms in total. The van der Waals surface area contributed by atoms with Crippen LogP contribution in [0.2, 0.25) is 0 Å². The molecule has 1 rings (SSSR count). The van der Waals surface area contributed by atoms with Gasteiger partial charge >= 0.3 is 0 Å². The van der Waals surface area contributed by atoms with E-state index >= 15 is 0 Å². The van der Waals surface area contributed by atoms with Crippen LogP contribution in [0.25, 0.3) is 0 Å². The van der Waals surface area contributed by atoms with Gasteiger partial charge in [0.2, 0.25) is 0 Å². The van der Waals surface area contributed by atoms with Crippen LogP contribution in [0, 0.1) is 49.9 Å². The van der Waals surface area contributed by atoms with Crippen LogP contribution in [0.4, 0.5) is 0 Å². The summed E-state index contributed by atoms with van der Waals surface area (Å²) in [5.41, 5.74) is 0. The fourth-order valence-electron chi connectivity index (χ4n) is 1.62. The molecule has 0 aromatic heterocycles. The van der Waals surface area contributed by atoms with Crippen LogP contribution in [0.5, 0.6) is 0 Å². The summed E-state index contributed by atoms with van der Waals surface area (Å²) >= 11 is 0. The quantitative estimate of drug-likeness (QED) is 0.629. The SMILES string of the molecule is [CH2-]CC1CCC(C)CC1.[U]. The van der Waals surface area contributed by atoms with Gasteiger partial charge in [-0.05, 0) is 5.92 Å². The summed E-state index contributed by atoms with van der Waals surface area (Å²) in [6.45, 7) is 6.29. The molecule has 1 saturated carbocycles. The molecule has 0 amide bonds. The second-order valence-electron chi connectivity index (χ2n) is 3.41. The molecule has 1 fully saturated rings. The van der Waals surface area contributed by atoms with E-state index in [9.17, 15) is 0 Å². The maximum atomic E-state index is 3.93. The Bertz CT molecular complexity index is 72.8. The van der Waals surface area contributed by atoms with Crippen LogP contribution in [-0.2, 0) is 0 Å². The predicted molar refractivity (Wildman–Crippen MR) is 41.1 cm³/mol. The van der Waals surface area contributed by atoms with Gasteiger partial charge in [-0.15, -0.1) is 0 Å². The molecule has 0 N–H and O–H groups in total. The van der Waals surface area contributed by atoms with Crippen molar-refractivity contribution in [3.8, 4) is 0 Å². The van der Waals surface area contributed by atoms with Crippen molar-refractivity contribution in [2.45, 2.75) is 39.0 Å². The molecular formula is C9H17U-. The monoisotopic (exact) mass is 363 g/mol. The first kappa shape index (κ1) is 11.1. The van der Waals surface area contributed by atoms with Gasteiger partial charge in [-0.2, -0.15) is 6.42 Å². The van der Waals surface area contributed by atoms with E-state index in [1.807, 2.05) is 0 Å². The third-order valence-corrected chi connectivity index (χ3v) is 2.54. The van der Waals surface area contributed by atoms with Gasteiger partial charge < -0.3 is 6.92 Å². The van der Waals surface area contributed by atoms with Crippen molar-refractivity contribution in [3.05, 3.63) is 6.92 Å². The van der Waals surface area contributed by atoms with E-state index in [4.69, 9.17) is 0 Å². The molecule has 1 heteroatoms. The Morgan fingerprint density at radius 1 is 1.20 bits per heavy atom. The fourth-order valence-corrected chi connectivity index (χ4v) is 1.62. The van der Waals surface area contributed by atoms with E-state index in [0.717, 1.165) is 18.3 Å². The predicted octanol–water partition coefficient (Wildman–Crippen LogP) is 3.04. The van der Waals surface area contributed by atoms with Gasteiger partial charge in [-0.25, -0.2) is 0 Å². The second-order valence-corrected chi connectivity index (χ2v) is 3.41. The first-order valence-corrected chi connectivity index (χ1v) is 4.12. The third kappa shape index (κ3) is 3.45. The van der Waals surface area contributed by atoms with Crippen molar-refractivity contribution in [1.82, 2.24) is 0 Å². The molecule has 0 atom stereocenters. The fraction of sp³-hybridized carbons (Fsp3) is 0.889. The van der Waals surface area contributed by atoms with Gasteiger partial charge in [0.05, 0.1) is 0 Å². The van der Waals surface area contributed by atoms with Gasteiger partial charge in [0, 0.05) is 31.1 Å². The van der Waals surface area contributed by atoms with Gasteiger partial charge in [-0.1, -0.05) is 38.5 Å². The Balaban J connectivity index is 0.000000810. The molecule has 0 aromatic carbocycles. The molecule has 0 radical (unpaired) electrons. The summed E-state index contributed by atoms with van der Waals surface area (Å²) in [6, 6.07) is 0. The summed E-state index contributed by atoms with van der Waals surface area (Å²) in [6.07, 6.45) is 6.92. The average molecular weight is 363 g/mol. The van der Waals surface area contributed by atoms with Crippen LogP contribution >= 0.6 is 0 Å². The van der Waals surface area contributed by atoms with Crippen LogP contribution < -0.4 is 0 Å². The van der Waals surface area contributed by atoms with Crippen LogP contribution in [-0.4, -0.2) is 0 Å². The maximum Gasteiger partial charge on any atom is 0 e. The van der Waals surface area contributed by atoms with Crippen LogP contribution in [0.15, 0.2) is 0 Å². The molecule has 10 heavy (non-hydrogen) atoms. The van der Waals surface area contributed by atoms with E-state index in [1.165, 1.54) is 25.7 Å². The Kier molecular flexibility index (Phi) is 6.27. The summed E-state index contributed by atoms with van der Waals surface area (Å²) in [5.74, 6) is 1.95. The number of hydrogen-bond acceptors (Lipinski definition) is 0. The van der Waals surface area contributed by atoms with E-state index in [1.54, 1.807) is 0 Å². The van der Waals surface area contributed by atoms with Gasteiger partial charge in [0.15, 0.2) is 0 Å². The van der Waals surface area contributed by atoms with E-state index in [2.05, 4.69) is 13.8 Å². The average Bonchev–Trinajstić information content (AvgIpc) is 1.90. The summed E-state index contributed by atoms with van der Waals surface area (Å²) in [4.78, 5) is 0. The third-order valence-electron chi connectivity index (χ3n) is 2.54. The molecule has 0 aliphatic heterocycles. The van der Waals surface area contributed by atoms with Crippen LogP contribution in [0.1, 0.15) is 39.0 Å². The Morgan fingerprint density at radius 2 is 1.70 bits per heavy atom. The van der Waals surface area contributed by atoms with E-state index in [0.29, 0.717) is 0 Å². The number of hydrogen-bond donors (Lipinski definition) is 0. The number of rotatable bonds is 1. The minimum Gasteiger partial charge on any atom is -0.343 e. The maximum absolute atomic E-state index is 3.93. The molecule has 0 bridgehead atoms. The molecule has 0 saturated heterocycles. The standard InChI is InChI=1S/C9H17.U/c1-3-9-6-4-8(2)5-7-9;/h8-9H,1,3-7H2,2H3;/q-1;. The molecule has 0 unspecified atom stereocenters. The molecule has 0 heterocycles. The van der Waals surface area contributed by atoms with Gasteiger partial charge in [0.25, 0.3) is 0 Å². The smallest absolute Gasteiger partial charge is 0 e. The molecule has 1 aliphatic rings. The minimum atomic E-state index is 0. The van der Waals surface area contributed by atoms with Crippen molar-refractivity contribution in [2.75, 3.05) is 0 Å². The van der Waals surface area contributed by atoms with Crippen molar-refractivity contribution < 1.29 is 31.1 Å². The van der Waals surface area contributed by atoms with E-state index < -0.39 is 0 Å². The van der Waals surface area contributed by atoms with Crippen molar-refractivity contribution in [1.29, 1.82) is 0 Å². The molecule has 1 aliphatic carbocycles. The molecule has 58 valence electrons. The van der Waals surface area contributed by atoms with Gasteiger partial charge in [-0.3, -0.25) is 0 Å². The van der Waals surface area contributed by atoms with Crippen molar-refractivity contribution >= 4 is 0 Å². The molecular weight excluding hydrogens is 346 g/mol. The normalized spacial score (nSPS) is 33.0. The van der Waals surface area contributed by atoms with Crippen LogP contribution in [0.3, 0.4) is 0 Å². The Morgan fingerprint density at radius 3 is 2.10 bits per heavy atom. The topological polar surface area (TPSA) is 0 Å². The largest absolute Gasteiger partial charge is 0.343 e. The Labute approximate surface area is 88.5 Å². The first-order chi connectivity index (χ1) is 4.33. The van der Waals surface area contributed by atoms with Crippen molar-refractivity contribution in [3.63, 3.8) is 0 Å².